The van der Waals surface area contributed by atoms with E-state index in [0.717, 1.165) is 23.1 Å². The fourth-order valence-electron chi connectivity index (χ4n) is 3.92. The van der Waals surface area contributed by atoms with Gasteiger partial charge in [-0.3, -0.25) is 19.5 Å². The molecule has 0 aliphatic heterocycles. The van der Waals surface area contributed by atoms with E-state index in [1.165, 1.54) is 6.07 Å². The van der Waals surface area contributed by atoms with Crippen LogP contribution in [0.3, 0.4) is 0 Å². The number of hydrogen-bond donors (Lipinski definition) is 2. The van der Waals surface area contributed by atoms with Gasteiger partial charge in [-0.2, -0.15) is 4.39 Å². The third-order valence-electron chi connectivity index (χ3n) is 4.98. The number of carbonyl (C=O) groups is 1. The van der Waals surface area contributed by atoms with Gasteiger partial charge in [-0.05, 0) is 30.9 Å². The lowest BCUT2D eigenvalue weighted by atomic mass is 9.67. The number of hydrogen-bond acceptors (Lipinski definition) is 5. The Hall–Kier alpha value is -2.90. The predicted molar refractivity (Wildman–Crippen MR) is 80.1 cm³/mol. The van der Waals surface area contributed by atoms with E-state index in [0.29, 0.717) is 24.0 Å². The van der Waals surface area contributed by atoms with Gasteiger partial charge >= 0.3 is 5.69 Å². The number of nitrogens with zero attached hydrogens (tertiary/aromatic N) is 2. The number of ketones is 1. The summed E-state index contributed by atoms with van der Waals surface area (Å²) >= 11 is 0. The van der Waals surface area contributed by atoms with E-state index in [2.05, 4.69) is 0 Å². The Balaban J connectivity index is 1.95. The largest absolute Gasteiger partial charge is 0.494 e. The van der Waals surface area contributed by atoms with Crippen molar-refractivity contribution >= 4 is 11.5 Å². The summed E-state index contributed by atoms with van der Waals surface area (Å²) in [5.74, 6) is -2.17. The van der Waals surface area contributed by atoms with Crippen LogP contribution in [0, 0.1) is 15.9 Å². The molecular formula is C16H13FN2O5. The fraction of sp³-hybridized carbons (Fsp3) is 0.312. The molecule has 2 bridgehead atoms. The summed E-state index contributed by atoms with van der Waals surface area (Å²) in [6.45, 7) is 0. The zero-order chi connectivity index (χ0) is 17.2. The molecule has 0 radical (unpaired) electrons. The lowest BCUT2D eigenvalue weighted by Crippen LogP contribution is -2.28. The van der Waals surface area contributed by atoms with E-state index < -0.39 is 22.3 Å². The van der Waals surface area contributed by atoms with Crippen molar-refractivity contribution in [3.8, 4) is 17.4 Å². The Morgan fingerprint density at radius 2 is 1.92 bits per heavy atom. The zero-order valence-corrected chi connectivity index (χ0v) is 12.4. The highest BCUT2D eigenvalue weighted by Gasteiger charge is 2.45. The number of aromatic hydroxyl groups is 2. The van der Waals surface area contributed by atoms with Crippen LogP contribution in [0.2, 0.25) is 0 Å². The van der Waals surface area contributed by atoms with Crippen molar-refractivity contribution in [3.63, 3.8) is 0 Å². The highest BCUT2D eigenvalue weighted by Crippen LogP contribution is 2.55. The van der Waals surface area contributed by atoms with Gasteiger partial charge in [-0.25, -0.2) is 0 Å². The molecule has 8 heteroatoms. The monoisotopic (exact) mass is 332 g/mol. The van der Waals surface area contributed by atoms with Crippen LogP contribution in [0.25, 0.3) is 5.69 Å². The third kappa shape index (κ3) is 1.79. The van der Waals surface area contributed by atoms with E-state index in [1.807, 2.05) is 0 Å². The number of nitro benzene ring substituents is 1. The number of nitro groups is 1. The van der Waals surface area contributed by atoms with E-state index in [4.69, 9.17) is 0 Å². The smallest absolute Gasteiger partial charge is 0.306 e. The Morgan fingerprint density at radius 1 is 1.21 bits per heavy atom. The number of rotatable bonds is 2. The molecule has 2 N–H and O–H groups in total. The molecule has 124 valence electrons. The average Bonchev–Trinajstić information content (AvgIpc) is 2.81. The van der Waals surface area contributed by atoms with Crippen molar-refractivity contribution in [2.75, 3.05) is 0 Å². The number of fused-ring (bicyclic) bond motifs is 2. The van der Waals surface area contributed by atoms with Crippen LogP contribution in [-0.4, -0.2) is 25.5 Å². The summed E-state index contributed by atoms with van der Waals surface area (Å²) in [4.78, 5) is 22.1. The molecule has 2 atom stereocenters. The Morgan fingerprint density at radius 3 is 2.58 bits per heavy atom. The predicted octanol–water partition coefficient (Wildman–Crippen LogP) is 2.87. The Kier molecular flexibility index (Phi) is 2.93. The van der Waals surface area contributed by atoms with Crippen molar-refractivity contribution in [3.05, 3.63) is 45.3 Å². The molecule has 1 heterocycles. The molecule has 1 saturated carbocycles. The van der Waals surface area contributed by atoms with Crippen LogP contribution in [0.15, 0.2) is 18.2 Å². The standard InChI is InChI=1S/C16H13FN2O5/c17-10-4-2-8(6-11(10)19(23)24)18-15(21)13-7-1-3-9(12(20)5-7)14(13)16(18)22/h2,4,6-7,9,21-22H,1,3,5H2/t7-,9+/m0/s1. The van der Waals surface area contributed by atoms with Crippen molar-refractivity contribution < 1.29 is 24.3 Å². The first-order valence-electron chi connectivity index (χ1n) is 7.53. The molecule has 5 rings (SSSR count). The van der Waals surface area contributed by atoms with Crippen LogP contribution < -0.4 is 0 Å². The van der Waals surface area contributed by atoms with Gasteiger partial charge in [0, 0.05) is 29.5 Å². The molecule has 1 aromatic carbocycles. The highest BCUT2D eigenvalue weighted by molar-refractivity contribution is 5.91. The maximum Gasteiger partial charge on any atom is 0.306 e. The molecule has 0 unspecified atom stereocenters. The van der Waals surface area contributed by atoms with Crippen LogP contribution in [0.5, 0.6) is 11.8 Å². The minimum absolute atomic E-state index is 0.0243. The number of benzene rings is 1. The van der Waals surface area contributed by atoms with Crippen LogP contribution in [0.1, 0.15) is 42.2 Å². The topological polar surface area (TPSA) is 106 Å². The molecule has 1 aromatic heterocycles. The molecule has 3 aliphatic rings. The van der Waals surface area contributed by atoms with Crippen molar-refractivity contribution in [1.82, 2.24) is 4.57 Å². The van der Waals surface area contributed by atoms with Gasteiger partial charge in [0.2, 0.25) is 17.6 Å². The summed E-state index contributed by atoms with van der Waals surface area (Å²) in [5, 5.41) is 32.0. The first-order valence-corrected chi connectivity index (χ1v) is 7.53. The second-order valence-corrected chi connectivity index (χ2v) is 6.20. The maximum absolute atomic E-state index is 13.5. The fourth-order valence-corrected chi connectivity index (χ4v) is 3.92. The Bertz CT molecular complexity index is 904. The molecule has 0 spiro atoms. The van der Waals surface area contributed by atoms with Crippen molar-refractivity contribution in [1.29, 1.82) is 0 Å². The number of Topliss-reactive ketones (excluding diaryl/α,β-unsaturated/α-hetero) is 1. The second kappa shape index (κ2) is 4.80. The van der Waals surface area contributed by atoms with Gasteiger partial charge in [0.15, 0.2) is 0 Å². The minimum atomic E-state index is -1.00. The van der Waals surface area contributed by atoms with E-state index in [-0.39, 0.29) is 29.1 Å². The van der Waals surface area contributed by atoms with Crippen molar-refractivity contribution in [2.45, 2.75) is 31.1 Å². The molecule has 2 aromatic rings. The summed E-state index contributed by atoms with van der Waals surface area (Å²) in [6, 6.07) is 3.09. The summed E-state index contributed by atoms with van der Waals surface area (Å²) in [7, 11) is 0. The number of carbonyl (C=O) groups excluding carboxylic acids is 1. The van der Waals surface area contributed by atoms with Gasteiger partial charge in [0.05, 0.1) is 10.6 Å². The molecular weight excluding hydrogens is 319 g/mol. The van der Waals surface area contributed by atoms with Crippen LogP contribution in [-0.2, 0) is 4.79 Å². The second-order valence-electron chi connectivity index (χ2n) is 6.20. The molecule has 7 nitrogen and oxygen atoms in total. The van der Waals surface area contributed by atoms with E-state index >= 15 is 0 Å². The maximum atomic E-state index is 13.5. The van der Waals surface area contributed by atoms with E-state index in [9.17, 15) is 29.5 Å². The quantitative estimate of drug-likeness (QED) is 0.650. The van der Waals surface area contributed by atoms with Gasteiger partial charge in [0.1, 0.15) is 5.78 Å². The number of halogens is 1. The van der Waals surface area contributed by atoms with Gasteiger partial charge in [-0.15, -0.1) is 0 Å². The number of aromatic nitrogens is 1. The molecule has 0 saturated heterocycles. The lowest BCUT2D eigenvalue weighted by Gasteiger charge is -2.34. The summed E-state index contributed by atoms with van der Waals surface area (Å²) in [5.41, 5.74) is 0.235. The lowest BCUT2D eigenvalue weighted by molar-refractivity contribution is -0.387. The van der Waals surface area contributed by atoms with Gasteiger partial charge < -0.3 is 10.2 Å². The van der Waals surface area contributed by atoms with Gasteiger partial charge in [0.25, 0.3) is 0 Å². The molecule has 0 amide bonds. The third-order valence-corrected chi connectivity index (χ3v) is 4.98. The summed E-state index contributed by atoms with van der Waals surface area (Å²) < 4.78 is 14.6. The normalized spacial score (nSPS) is 21.8. The first-order chi connectivity index (χ1) is 11.4. The average molecular weight is 332 g/mol. The highest BCUT2D eigenvalue weighted by atomic mass is 19.1. The Labute approximate surface area is 135 Å². The van der Waals surface area contributed by atoms with Gasteiger partial charge in [-0.1, -0.05) is 0 Å². The molecule has 3 aliphatic carbocycles. The van der Waals surface area contributed by atoms with E-state index in [1.54, 1.807) is 0 Å². The SMILES string of the molecule is O=C1C[C@@H]2CC[C@H]1c1c2c(O)n(-c2ccc(F)c([N+](=O)[O-])c2)c1O. The molecule has 24 heavy (non-hydrogen) atoms. The molecule has 1 fully saturated rings. The first kappa shape index (κ1) is 14.7. The minimum Gasteiger partial charge on any atom is -0.494 e. The van der Waals surface area contributed by atoms with Crippen LogP contribution in [0.4, 0.5) is 10.1 Å². The van der Waals surface area contributed by atoms with Crippen LogP contribution >= 0.6 is 0 Å². The van der Waals surface area contributed by atoms with Crippen molar-refractivity contribution in [2.24, 2.45) is 0 Å². The summed E-state index contributed by atoms with van der Waals surface area (Å²) in [6.07, 6.45) is 1.67. The zero-order valence-electron chi connectivity index (χ0n) is 12.4.